The lowest BCUT2D eigenvalue weighted by Gasteiger charge is -2.28. The number of halogens is 3. The van der Waals surface area contributed by atoms with Crippen molar-refractivity contribution in [2.24, 2.45) is 0 Å². The maximum absolute atomic E-state index is 12.8. The average molecular weight is 304 g/mol. The number of anilines is 1. The number of nitrogens with zero attached hydrogens (tertiary/aromatic N) is 3. The number of pyridine rings is 1. The zero-order valence-corrected chi connectivity index (χ0v) is 10.3. The summed E-state index contributed by atoms with van der Waals surface area (Å²) in [6, 6.07) is 2.89. The Kier molecular flexibility index (Phi) is 4.03. The maximum atomic E-state index is 12.8. The lowest BCUT2D eigenvalue weighted by Crippen LogP contribution is -2.55. The number of rotatable bonds is 4. The molecule has 0 spiro atoms. The largest absolute Gasteiger partial charge is 0.479 e. The van der Waals surface area contributed by atoms with Crippen LogP contribution in [0.4, 0.5) is 24.7 Å². The Labute approximate surface area is 115 Å². The second-order valence-corrected chi connectivity index (χ2v) is 3.99. The zero-order valence-electron chi connectivity index (χ0n) is 10.3. The van der Waals surface area contributed by atoms with Crippen LogP contribution in [0.5, 0.6) is 0 Å². The van der Waals surface area contributed by atoms with Crippen molar-refractivity contribution in [3.8, 4) is 6.07 Å². The van der Waals surface area contributed by atoms with Gasteiger partial charge in [0.15, 0.2) is 0 Å². The molecule has 1 atom stereocenters. The number of hydrogen-bond acceptors (Lipinski definition) is 6. The van der Waals surface area contributed by atoms with Crippen LogP contribution in [0, 0.1) is 21.4 Å². The highest BCUT2D eigenvalue weighted by molar-refractivity contribution is 5.83. The highest BCUT2D eigenvalue weighted by Gasteiger charge is 2.57. The molecule has 0 aliphatic heterocycles. The van der Waals surface area contributed by atoms with Crippen LogP contribution in [0.1, 0.15) is 12.6 Å². The first-order chi connectivity index (χ1) is 9.52. The van der Waals surface area contributed by atoms with Crippen molar-refractivity contribution in [1.82, 2.24) is 4.98 Å². The molecule has 8 nitrogen and oxygen atoms in total. The number of aromatic nitrogens is 1. The SMILES string of the molecule is CC(Nc1ccc([N+](=O)[O-])c(C#N)n1)(C(=O)O)C(F)(F)F. The van der Waals surface area contributed by atoms with Crippen molar-refractivity contribution in [1.29, 1.82) is 5.26 Å². The zero-order chi connectivity index (χ0) is 16.4. The van der Waals surface area contributed by atoms with Crippen LogP contribution in [-0.4, -0.2) is 32.7 Å². The Morgan fingerprint density at radius 2 is 2.10 bits per heavy atom. The van der Waals surface area contributed by atoms with Gasteiger partial charge in [-0.25, -0.2) is 9.78 Å². The summed E-state index contributed by atoms with van der Waals surface area (Å²) >= 11 is 0. The Balaban J connectivity index is 3.28. The number of carboxylic acid groups (broad SMARTS) is 1. The third-order valence-electron chi connectivity index (χ3n) is 2.55. The fraction of sp³-hybridized carbons (Fsp3) is 0.300. The molecule has 1 rings (SSSR count). The Bertz CT molecular complexity index is 640. The van der Waals surface area contributed by atoms with Gasteiger partial charge in [0, 0.05) is 6.07 Å². The summed E-state index contributed by atoms with van der Waals surface area (Å²) in [5.74, 6) is -2.84. The first-order valence-electron chi connectivity index (χ1n) is 5.16. The van der Waals surface area contributed by atoms with Crippen LogP contribution in [0.3, 0.4) is 0 Å². The van der Waals surface area contributed by atoms with Crippen molar-refractivity contribution >= 4 is 17.5 Å². The smallest absolute Gasteiger partial charge is 0.422 e. The van der Waals surface area contributed by atoms with Crippen LogP contribution in [0.25, 0.3) is 0 Å². The van der Waals surface area contributed by atoms with Gasteiger partial charge in [0.05, 0.1) is 4.92 Å². The van der Waals surface area contributed by atoms with E-state index in [0.717, 1.165) is 12.1 Å². The number of nitrogens with one attached hydrogen (secondary N) is 1. The van der Waals surface area contributed by atoms with Crippen LogP contribution in [0.15, 0.2) is 12.1 Å². The van der Waals surface area contributed by atoms with E-state index in [1.54, 1.807) is 5.32 Å². The molecular weight excluding hydrogens is 297 g/mol. The lowest BCUT2D eigenvalue weighted by molar-refractivity contribution is -0.385. The molecule has 1 heterocycles. The van der Waals surface area contributed by atoms with Gasteiger partial charge >= 0.3 is 17.8 Å². The van der Waals surface area contributed by atoms with Crippen molar-refractivity contribution in [3.63, 3.8) is 0 Å². The van der Waals surface area contributed by atoms with Crippen LogP contribution in [-0.2, 0) is 4.79 Å². The van der Waals surface area contributed by atoms with Crippen molar-refractivity contribution < 1.29 is 28.0 Å². The lowest BCUT2D eigenvalue weighted by atomic mass is 10.0. The normalized spacial score (nSPS) is 13.9. The van der Waals surface area contributed by atoms with E-state index in [1.807, 2.05) is 0 Å². The van der Waals surface area contributed by atoms with E-state index in [-0.39, 0.29) is 0 Å². The number of alkyl halides is 3. The van der Waals surface area contributed by atoms with E-state index in [2.05, 4.69) is 4.98 Å². The third-order valence-corrected chi connectivity index (χ3v) is 2.55. The molecule has 0 saturated carbocycles. The van der Waals surface area contributed by atoms with Crippen molar-refractivity contribution in [2.75, 3.05) is 5.32 Å². The molecule has 1 unspecified atom stereocenters. The van der Waals surface area contributed by atoms with Crippen LogP contribution < -0.4 is 5.32 Å². The standard InChI is InChI=1S/C10H7F3N4O4/c1-9(8(18)19,10(11,12)13)16-7-3-2-6(17(20)21)5(4-14)15-7/h2-3H,1H3,(H,15,16)(H,18,19). The van der Waals surface area contributed by atoms with E-state index in [0.29, 0.717) is 6.92 Å². The van der Waals surface area contributed by atoms with Gasteiger partial charge in [-0.3, -0.25) is 10.1 Å². The molecule has 0 bridgehead atoms. The summed E-state index contributed by atoms with van der Waals surface area (Å²) in [6.07, 6.45) is -5.16. The van der Waals surface area contributed by atoms with E-state index in [9.17, 15) is 28.1 Å². The first kappa shape index (κ1) is 16.2. The highest BCUT2D eigenvalue weighted by Crippen LogP contribution is 2.33. The van der Waals surface area contributed by atoms with Gasteiger partial charge < -0.3 is 10.4 Å². The molecule has 0 radical (unpaired) electrons. The molecular formula is C10H7F3N4O4. The minimum Gasteiger partial charge on any atom is -0.479 e. The van der Waals surface area contributed by atoms with Gasteiger partial charge in [0.1, 0.15) is 11.9 Å². The Hall–Kier alpha value is -2.90. The molecule has 0 fully saturated rings. The van der Waals surface area contributed by atoms with Gasteiger partial charge in [-0.2, -0.15) is 18.4 Å². The summed E-state index contributed by atoms with van der Waals surface area (Å²) in [6.45, 7) is 0.366. The molecule has 1 aromatic rings. The molecule has 21 heavy (non-hydrogen) atoms. The molecule has 11 heteroatoms. The quantitative estimate of drug-likeness (QED) is 0.639. The minimum atomic E-state index is -5.16. The maximum Gasteiger partial charge on any atom is 0.422 e. The second kappa shape index (κ2) is 5.23. The molecule has 0 aliphatic rings. The monoisotopic (exact) mass is 304 g/mol. The number of aliphatic carboxylic acids is 1. The van der Waals surface area contributed by atoms with E-state index in [4.69, 9.17) is 10.4 Å². The predicted molar refractivity (Wildman–Crippen MR) is 61.3 cm³/mol. The molecule has 0 saturated heterocycles. The number of nitro groups is 1. The number of hydrogen-bond donors (Lipinski definition) is 2. The van der Waals surface area contributed by atoms with Gasteiger partial charge in [-0.15, -0.1) is 0 Å². The predicted octanol–water partition coefficient (Wildman–Crippen LogP) is 1.68. The van der Waals surface area contributed by atoms with E-state index in [1.165, 1.54) is 6.07 Å². The van der Waals surface area contributed by atoms with Gasteiger partial charge in [-0.1, -0.05) is 0 Å². The summed E-state index contributed by atoms with van der Waals surface area (Å²) in [7, 11) is 0. The molecule has 0 aliphatic carbocycles. The van der Waals surface area contributed by atoms with Crippen LogP contribution >= 0.6 is 0 Å². The second-order valence-electron chi connectivity index (χ2n) is 3.99. The van der Waals surface area contributed by atoms with E-state index >= 15 is 0 Å². The fourth-order valence-corrected chi connectivity index (χ4v) is 1.25. The topological polar surface area (TPSA) is 129 Å². The summed E-state index contributed by atoms with van der Waals surface area (Å²) in [4.78, 5) is 23.8. The minimum absolute atomic E-state index is 0.366. The number of nitriles is 1. The molecule has 2 N–H and O–H groups in total. The first-order valence-corrected chi connectivity index (χ1v) is 5.16. The van der Waals surface area contributed by atoms with E-state index < -0.39 is 39.8 Å². The van der Waals surface area contributed by atoms with Gasteiger partial charge in [-0.05, 0) is 13.0 Å². The van der Waals surface area contributed by atoms with Crippen molar-refractivity contribution in [3.05, 3.63) is 27.9 Å². The summed E-state index contributed by atoms with van der Waals surface area (Å²) < 4.78 is 38.4. The third kappa shape index (κ3) is 2.99. The molecule has 0 amide bonds. The van der Waals surface area contributed by atoms with Crippen molar-refractivity contribution in [2.45, 2.75) is 18.6 Å². The fourth-order valence-electron chi connectivity index (χ4n) is 1.25. The Morgan fingerprint density at radius 1 is 1.52 bits per heavy atom. The van der Waals surface area contributed by atoms with Gasteiger partial charge in [0.2, 0.25) is 11.2 Å². The summed E-state index contributed by atoms with van der Waals surface area (Å²) in [5, 5.41) is 29.6. The molecule has 112 valence electrons. The molecule has 1 aromatic heterocycles. The average Bonchev–Trinajstić information content (AvgIpc) is 2.36. The number of carbonyl (C=O) groups is 1. The number of carboxylic acids is 1. The Morgan fingerprint density at radius 3 is 2.48 bits per heavy atom. The molecule has 0 aromatic carbocycles. The summed E-state index contributed by atoms with van der Waals surface area (Å²) in [5.41, 5.74) is -4.80. The highest BCUT2D eigenvalue weighted by atomic mass is 19.4. The van der Waals surface area contributed by atoms with Gasteiger partial charge in [0.25, 0.3) is 0 Å². The van der Waals surface area contributed by atoms with Crippen LogP contribution in [0.2, 0.25) is 0 Å².